The zero-order valence-corrected chi connectivity index (χ0v) is 17.7. The standard InChI is InChI=1S/C21H17ClN4O3S/c1-12-8-18-20(23-11-12)26-19(25-18)16-10-14(6-7-17(16)22)24-21(27)13-4-3-5-15(9-13)30(2,28)29/h3-11H,1-2H3,(H,24,27)(H,23,25,26). The van der Waals surface area contributed by atoms with Crippen molar-refractivity contribution in [2.75, 3.05) is 11.6 Å². The fourth-order valence-corrected chi connectivity index (χ4v) is 3.86. The first-order valence-corrected chi connectivity index (χ1v) is 11.2. The van der Waals surface area contributed by atoms with Gasteiger partial charge in [0.05, 0.1) is 15.4 Å². The van der Waals surface area contributed by atoms with Crippen LogP contribution in [0.25, 0.3) is 22.6 Å². The van der Waals surface area contributed by atoms with Crippen molar-refractivity contribution in [1.29, 1.82) is 0 Å². The van der Waals surface area contributed by atoms with E-state index in [1.807, 2.05) is 13.0 Å². The van der Waals surface area contributed by atoms with Crippen LogP contribution in [-0.4, -0.2) is 35.5 Å². The van der Waals surface area contributed by atoms with Crippen molar-refractivity contribution in [2.24, 2.45) is 0 Å². The molecule has 9 heteroatoms. The molecule has 30 heavy (non-hydrogen) atoms. The minimum atomic E-state index is -3.41. The monoisotopic (exact) mass is 440 g/mol. The van der Waals surface area contributed by atoms with E-state index in [1.165, 1.54) is 18.2 Å². The van der Waals surface area contributed by atoms with Gasteiger partial charge in [-0.2, -0.15) is 0 Å². The van der Waals surface area contributed by atoms with E-state index in [1.54, 1.807) is 30.5 Å². The molecule has 4 aromatic rings. The van der Waals surface area contributed by atoms with Gasteiger partial charge in [0.25, 0.3) is 5.91 Å². The quantitative estimate of drug-likeness (QED) is 0.493. The van der Waals surface area contributed by atoms with Gasteiger partial charge in [-0.25, -0.2) is 18.4 Å². The highest BCUT2D eigenvalue weighted by atomic mass is 35.5. The number of benzene rings is 2. The number of fused-ring (bicyclic) bond motifs is 1. The number of aromatic nitrogens is 3. The van der Waals surface area contributed by atoms with Gasteiger partial charge in [0.1, 0.15) is 5.82 Å². The average molecular weight is 441 g/mol. The van der Waals surface area contributed by atoms with Gasteiger partial charge in [0, 0.05) is 29.3 Å². The lowest BCUT2D eigenvalue weighted by atomic mass is 10.1. The summed E-state index contributed by atoms with van der Waals surface area (Å²) >= 11 is 6.35. The SMILES string of the molecule is Cc1cnc2nc(-c3cc(NC(=O)c4cccc(S(C)(=O)=O)c4)ccc3Cl)[nH]c2c1. The number of carbonyl (C=O) groups is 1. The van der Waals surface area contributed by atoms with E-state index in [4.69, 9.17) is 11.6 Å². The van der Waals surface area contributed by atoms with Crippen molar-refractivity contribution < 1.29 is 13.2 Å². The fraction of sp³-hybridized carbons (Fsp3) is 0.0952. The van der Waals surface area contributed by atoms with E-state index in [0.29, 0.717) is 27.7 Å². The van der Waals surface area contributed by atoms with Crippen LogP contribution in [0, 0.1) is 6.92 Å². The van der Waals surface area contributed by atoms with E-state index in [9.17, 15) is 13.2 Å². The highest BCUT2D eigenvalue weighted by Crippen LogP contribution is 2.30. The largest absolute Gasteiger partial charge is 0.337 e. The molecule has 152 valence electrons. The molecule has 7 nitrogen and oxygen atoms in total. The van der Waals surface area contributed by atoms with Crippen LogP contribution in [0.2, 0.25) is 5.02 Å². The van der Waals surface area contributed by atoms with Crippen LogP contribution in [0.5, 0.6) is 0 Å². The molecule has 1 amide bonds. The van der Waals surface area contributed by atoms with Crippen molar-refractivity contribution >= 4 is 44.2 Å². The number of amides is 1. The Morgan fingerprint density at radius 1 is 1.13 bits per heavy atom. The fourth-order valence-electron chi connectivity index (χ4n) is 2.99. The van der Waals surface area contributed by atoms with Gasteiger partial charge in [-0.1, -0.05) is 17.7 Å². The summed E-state index contributed by atoms with van der Waals surface area (Å²) in [7, 11) is -3.41. The number of aryl methyl sites for hydroxylation is 1. The average Bonchev–Trinajstić information content (AvgIpc) is 3.11. The third-order valence-corrected chi connectivity index (χ3v) is 5.92. The third kappa shape index (κ3) is 4.05. The van der Waals surface area contributed by atoms with Crippen molar-refractivity contribution in [3.63, 3.8) is 0 Å². The number of aromatic amines is 1. The third-order valence-electron chi connectivity index (χ3n) is 4.48. The molecule has 0 unspecified atom stereocenters. The maximum absolute atomic E-state index is 12.6. The Bertz CT molecular complexity index is 1400. The maximum atomic E-state index is 12.6. The van der Waals surface area contributed by atoms with Crippen molar-refractivity contribution in [3.05, 3.63) is 70.9 Å². The Labute approximate surface area is 178 Å². The van der Waals surface area contributed by atoms with E-state index >= 15 is 0 Å². The second-order valence-corrected chi connectivity index (χ2v) is 9.34. The number of imidazole rings is 1. The Balaban J connectivity index is 1.65. The summed E-state index contributed by atoms with van der Waals surface area (Å²) in [5.41, 5.74) is 3.69. The number of sulfone groups is 1. The molecule has 0 saturated heterocycles. The molecule has 0 aliphatic carbocycles. The molecule has 2 heterocycles. The smallest absolute Gasteiger partial charge is 0.255 e. The Kier molecular flexibility index (Phi) is 5.05. The number of halogens is 1. The lowest BCUT2D eigenvalue weighted by Crippen LogP contribution is -2.12. The predicted octanol–water partition coefficient (Wildman–Crippen LogP) is 4.24. The lowest BCUT2D eigenvalue weighted by Gasteiger charge is -2.09. The van der Waals surface area contributed by atoms with Crippen LogP contribution in [0.15, 0.2) is 59.6 Å². The van der Waals surface area contributed by atoms with Crippen LogP contribution in [-0.2, 0) is 9.84 Å². The second-order valence-electron chi connectivity index (χ2n) is 6.92. The summed E-state index contributed by atoms with van der Waals surface area (Å²) in [6.45, 7) is 1.94. The van der Waals surface area contributed by atoms with Crippen LogP contribution in [0.1, 0.15) is 15.9 Å². The molecule has 0 fully saturated rings. The van der Waals surface area contributed by atoms with Crippen molar-refractivity contribution in [2.45, 2.75) is 11.8 Å². The molecule has 0 aliphatic heterocycles. The Morgan fingerprint density at radius 2 is 1.93 bits per heavy atom. The minimum absolute atomic E-state index is 0.0806. The van der Waals surface area contributed by atoms with Crippen molar-refractivity contribution in [1.82, 2.24) is 15.0 Å². The van der Waals surface area contributed by atoms with Crippen LogP contribution < -0.4 is 5.32 Å². The molecule has 0 spiro atoms. The van der Waals surface area contributed by atoms with Crippen LogP contribution >= 0.6 is 11.6 Å². The van der Waals surface area contributed by atoms with Gasteiger partial charge in [-0.3, -0.25) is 4.79 Å². The normalized spacial score (nSPS) is 11.6. The number of H-pyrrole nitrogens is 1. The molecule has 2 N–H and O–H groups in total. The van der Waals surface area contributed by atoms with Gasteiger partial charge >= 0.3 is 0 Å². The Morgan fingerprint density at radius 3 is 2.70 bits per heavy atom. The summed E-state index contributed by atoms with van der Waals surface area (Å²) in [6.07, 6.45) is 2.83. The molecular weight excluding hydrogens is 424 g/mol. The number of hydrogen-bond acceptors (Lipinski definition) is 5. The highest BCUT2D eigenvalue weighted by Gasteiger charge is 2.14. The van der Waals surface area contributed by atoms with Crippen molar-refractivity contribution in [3.8, 4) is 11.4 Å². The molecule has 0 radical (unpaired) electrons. The summed E-state index contributed by atoms with van der Waals surface area (Å²) in [6, 6.07) is 12.8. The first-order chi connectivity index (χ1) is 14.2. The zero-order valence-electron chi connectivity index (χ0n) is 16.1. The molecule has 0 saturated carbocycles. The minimum Gasteiger partial charge on any atom is -0.337 e. The number of carbonyl (C=O) groups excluding carboxylic acids is 1. The summed E-state index contributed by atoms with van der Waals surface area (Å²) in [4.78, 5) is 24.7. The van der Waals surface area contributed by atoms with Gasteiger partial charge in [0.2, 0.25) is 0 Å². The lowest BCUT2D eigenvalue weighted by molar-refractivity contribution is 0.102. The molecule has 0 atom stereocenters. The number of nitrogens with zero attached hydrogens (tertiary/aromatic N) is 2. The van der Waals surface area contributed by atoms with Gasteiger partial charge in [0.15, 0.2) is 15.5 Å². The molecule has 0 bridgehead atoms. The second kappa shape index (κ2) is 7.55. The maximum Gasteiger partial charge on any atom is 0.255 e. The number of nitrogens with one attached hydrogen (secondary N) is 2. The molecular formula is C21H17ClN4O3S. The first kappa shape index (κ1) is 20.1. The molecule has 4 rings (SSSR count). The van der Waals surface area contributed by atoms with Crippen LogP contribution in [0.3, 0.4) is 0 Å². The number of pyridine rings is 1. The van der Waals surface area contributed by atoms with E-state index in [-0.39, 0.29) is 10.5 Å². The summed E-state index contributed by atoms with van der Waals surface area (Å²) in [5.74, 6) is 0.0962. The molecule has 2 aromatic heterocycles. The highest BCUT2D eigenvalue weighted by molar-refractivity contribution is 7.90. The number of anilines is 1. The topological polar surface area (TPSA) is 105 Å². The zero-order chi connectivity index (χ0) is 21.5. The predicted molar refractivity (Wildman–Crippen MR) is 117 cm³/mol. The van der Waals surface area contributed by atoms with E-state index < -0.39 is 15.7 Å². The molecule has 2 aromatic carbocycles. The first-order valence-electron chi connectivity index (χ1n) is 8.94. The van der Waals surface area contributed by atoms with E-state index in [0.717, 1.165) is 17.3 Å². The van der Waals surface area contributed by atoms with E-state index in [2.05, 4.69) is 20.3 Å². The number of hydrogen-bond donors (Lipinski definition) is 2. The number of rotatable bonds is 4. The van der Waals surface area contributed by atoms with Gasteiger partial charge in [-0.05, 0) is 55.0 Å². The van der Waals surface area contributed by atoms with Crippen LogP contribution in [0.4, 0.5) is 5.69 Å². The summed E-state index contributed by atoms with van der Waals surface area (Å²) in [5, 5.41) is 3.23. The molecule has 0 aliphatic rings. The Hall–Kier alpha value is -3.23. The van der Waals surface area contributed by atoms with Gasteiger partial charge < -0.3 is 10.3 Å². The summed E-state index contributed by atoms with van der Waals surface area (Å²) < 4.78 is 23.5. The van der Waals surface area contributed by atoms with Gasteiger partial charge in [-0.15, -0.1) is 0 Å².